The van der Waals surface area contributed by atoms with E-state index in [0.29, 0.717) is 41.7 Å². The van der Waals surface area contributed by atoms with E-state index < -0.39 is 11.9 Å². The van der Waals surface area contributed by atoms with Gasteiger partial charge in [0.1, 0.15) is 5.82 Å². The molecule has 3 aromatic heterocycles. The van der Waals surface area contributed by atoms with Gasteiger partial charge < -0.3 is 10.5 Å². The molecule has 2 aliphatic rings. The molecule has 1 aliphatic heterocycles. The topological polar surface area (TPSA) is 129 Å². The van der Waals surface area contributed by atoms with Crippen molar-refractivity contribution >= 4 is 34.0 Å². The third-order valence-electron chi connectivity index (χ3n) is 6.62. The summed E-state index contributed by atoms with van der Waals surface area (Å²) in [5.41, 5.74) is 10.7. The van der Waals surface area contributed by atoms with E-state index in [2.05, 4.69) is 20.5 Å². The average molecular weight is 467 g/mol. The standard InChI is InChI=1S/C25H21N7O3/c1-35-25(34)22-20(16-12-14-6-2-3-8-17(14)32-24(16)28-29-30-32)21-18(9-4-10-19(21)33)31(23(22)26)15-7-5-11-27-13-15/h2-3,5-8,11-13,20H,4,9-10,26H2,1H3. The number of tetrazole rings is 1. The molecule has 10 nitrogen and oxygen atoms in total. The third-order valence-corrected chi connectivity index (χ3v) is 6.62. The first kappa shape index (κ1) is 21.0. The number of hydrogen-bond acceptors (Lipinski definition) is 9. The van der Waals surface area contributed by atoms with Crippen molar-refractivity contribution in [2.75, 3.05) is 12.0 Å². The second-order valence-electron chi connectivity index (χ2n) is 8.48. The summed E-state index contributed by atoms with van der Waals surface area (Å²) in [5.74, 6) is -1.25. The Labute approximate surface area is 199 Å². The Hall–Kier alpha value is -4.60. The van der Waals surface area contributed by atoms with Crippen molar-refractivity contribution < 1.29 is 14.3 Å². The lowest BCUT2D eigenvalue weighted by Crippen LogP contribution is -2.41. The molecule has 1 aliphatic carbocycles. The van der Waals surface area contributed by atoms with Crippen LogP contribution in [0.3, 0.4) is 0 Å². The van der Waals surface area contributed by atoms with Crippen molar-refractivity contribution in [1.82, 2.24) is 25.0 Å². The number of nitrogens with two attached hydrogens (primary N) is 1. The molecule has 0 spiro atoms. The summed E-state index contributed by atoms with van der Waals surface area (Å²) in [6.07, 6.45) is 4.99. The maximum Gasteiger partial charge on any atom is 0.338 e. The number of methoxy groups -OCH3 is 1. The number of nitrogens with zero attached hydrogens (tertiary/aromatic N) is 6. The molecule has 4 aromatic rings. The van der Waals surface area contributed by atoms with Crippen molar-refractivity contribution in [2.45, 2.75) is 25.2 Å². The molecule has 0 saturated carbocycles. The van der Waals surface area contributed by atoms with E-state index in [-0.39, 0.29) is 17.2 Å². The number of esters is 1. The Kier molecular flexibility index (Phi) is 4.80. The number of ether oxygens (including phenoxy) is 1. The third kappa shape index (κ3) is 3.10. The average Bonchev–Trinajstić information content (AvgIpc) is 3.38. The van der Waals surface area contributed by atoms with Crippen LogP contribution in [0.15, 0.2) is 77.5 Å². The van der Waals surface area contributed by atoms with Crippen LogP contribution in [-0.2, 0) is 14.3 Å². The van der Waals surface area contributed by atoms with Crippen LogP contribution in [0.2, 0.25) is 0 Å². The molecule has 0 radical (unpaired) electrons. The van der Waals surface area contributed by atoms with Crippen LogP contribution < -0.4 is 10.6 Å². The van der Waals surface area contributed by atoms with Crippen LogP contribution in [0.4, 0.5) is 5.69 Å². The quantitative estimate of drug-likeness (QED) is 0.452. The number of aromatic nitrogens is 5. The van der Waals surface area contributed by atoms with Gasteiger partial charge in [0.15, 0.2) is 11.4 Å². The zero-order valence-electron chi connectivity index (χ0n) is 18.9. The van der Waals surface area contributed by atoms with Crippen molar-refractivity contribution in [3.63, 3.8) is 0 Å². The van der Waals surface area contributed by atoms with Crippen LogP contribution in [0.5, 0.6) is 0 Å². The lowest BCUT2D eigenvalue weighted by atomic mass is 9.75. The van der Waals surface area contributed by atoms with Gasteiger partial charge in [-0.1, -0.05) is 18.2 Å². The van der Waals surface area contributed by atoms with E-state index in [9.17, 15) is 9.59 Å². The van der Waals surface area contributed by atoms with Crippen molar-refractivity contribution in [3.05, 3.63) is 83.1 Å². The van der Waals surface area contributed by atoms with Crippen molar-refractivity contribution in [3.8, 4) is 0 Å². The highest BCUT2D eigenvalue weighted by Crippen LogP contribution is 2.47. The van der Waals surface area contributed by atoms with E-state index in [4.69, 9.17) is 10.5 Å². The van der Waals surface area contributed by atoms with Gasteiger partial charge >= 0.3 is 5.97 Å². The highest BCUT2D eigenvalue weighted by Gasteiger charge is 2.44. The number of Topliss-reactive ketones (excluding diaryl/α,β-unsaturated/α-hetero) is 1. The molecule has 2 N–H and O–H groups in total. The first-order valence-corrected chi connectivity index (χ1v) is 11.2. The molecule has 4 heterocycles. The molecule has 174 valence electrons. The number of rotatable bonds is 3. The maximum absolute atomic E-state index is 13.5. The summed E-state index contributed by atoms with van der Waals surface area (Å²) in [7, 11) is 1.30. The van der Waals surface area contributed by atoms with Crippen molar-refractivity contribution in [2.24, 2.45) is 5.73 Å². The summed E-state index contributed by atoms with van der Waals surface area (Å²) >= 11 is 0. The molecule has 35 heavy (non-hydrogen) atoms. The number of para-hydroxylation sites is 1. The van der Waals surface area contributed by atoms with E-state index >= 15 is 0 Å². The Balaban J connectivity index is 1.70. The molecule has 1 unspecified atom stereocenters. The van der Waals surface area contributed by atoms with E-state index in [1.807, 2.05) is 36.4 Å². The smallest absolute Gasteiger partial charge is 0.338 e. The number of ketones is 1. The predicted molar refractivity (Wildman–Crippen MR) is 127 cm³/mol. The zero-order valence-corrected chi connectivity index (χ0v) is 18.9. The molecule has 0 amide bonds. The molecule has 10 heteroatoms. The SMILES string of the molecule is COC(=O)C1=C(N)N(c2cccnc2)C2=C(C(=O)CCC2)C1c1cc2ccccc2n2nnnc12. The summed E-state index contributed by atoms with van der Waals surface area (Å²) in [4.78, 5) is 32.7. The molecule has 0 saturated heterocycles. The number of carbonyl (C=O) groups excluding carboxylic acids is 2. The fraction of sp³-hybridized carbons (Fsp3) is 0.200. The van der Waals surface area contributed by atoms with Crippen LogP contribution in [0, 0.1) is 0 Å². The molecule has 1 aromatic carbocycles. The summed E-state index contributed by atoms with van der Waals surface area (Å²) < 4.78 is 6.80. The van der Waals surface area contributed by atoms with Gasteiger partial charge in [0.2, 0.25) is 0 Å². The van der Waals surface area contributed by atoms with Gasteiger partial charge in [-0.2, -0.15) is 4.52 Å². The first-order valence-electron chi connectivity index (χ1n) is 11.2. The fourth-order valence-corrected chi connectivity index (χ4v) is 5.17. The zero-order chi connectivity index (χ0) is 24.1. The Morgan fingerprint density at radius 2 is 2.03 bits per heavy atom. The monoisotopic (exact) mass is 467 g/mol. The number of carbonyl (C=O) groups is 2. The molecular weight excluding hydrogens is 446 g/mol. The highest BCUT2D eigenvalue weighted by atomic mass is 16.5. The van der Waals surface area contributed by atoms with Crippen LogP contribution in [0.1, 0.15) is 30.7 Å². The lowest BCUT2D eigenvalue weighted by molar-refractivity contribution is -0.136. The van der Waals surface area contributed by atoms with Crippen LogP contribution in [0.25, 0.3) is 16.6 Å². The highest BCUT2D eigenvalue weighted by molar-refractivity contribution is 6.06. The maximum atomic E-state index is 13.5. The van der Waals surface area contributed by atoms with Crippen molar-refractivity contribution in [1.29, 1.82) is 0 Å². The van der Waals surface area contributed by atoms with E-state index in [1.54, 1.807) is 27.9 Å². The normalized spacial score (nSPS) is 18.4. The summed E-state index contributed by atoms with van der Waals surface area (Å²) in [6.45, 7) is 0. The molecule has 0 bridgehead atoms. The molecule has 1 atom stereocenters. The Bertz CT molecular complexity index is 1570. The minimum Gasteiger partial charge on any atom is -0.466 e. The lowest BCUT2D eigenvalue weighted by Gasteiger charge is -2.40. The van der Waals surface area contributed by atoms with E-state index in [0.717, 1.165) is 16.6 Å². The molecule has 0 fully saturated rings. The minimum atomic E-state index is -0.781. The van der Waals surface area contributed by atoms with E-state index in [1.165, 1.54) is 7.11 Å². The summed E-state index contributed by atoms with van der Waals surface area (Å²) in [5, 5.41) is 13.2. The number of hydrogen-bond donors (Lipinski definition) is 1. The van der Waals surface area contributed by atoms with Gasteiger partial charge in [-0.25, -0.2) is 4.79 Å². The Morgan fingerprint density at radius 1 is 1.17 bits per heavy atom. The van der Waals surface area contributed by atoms with Gasteiger partial charge in [-0.15, -0.1) is 5.10 Å². The van der Waals surface area contributed by atoms with Crippen LogP contribution >= 0.6 is 0 Å². The Morgan fingerprint density at radius 3 is 2.83 bits per heavy atom. The largest absolute Gasteiger partial charge is 0.466 e. The molecular formula is C25H21N7O3. The second-order valence-corrected chi connectivity index (χ2v) is 8.48. The first-order chi connectivity index (χ1) is 17.1. The van der Waals surface area contributed by atoms with Gasteiger partial charge in [0.25, 0.3) is 0 Å². The predicted octanol–water partition coefficient (Wildman–Crippen LogP) is 2.63. The number of allylic oxidation sites excluding steroid dienone is 2. The second kappa shape index (κ2) is 8.01. The summed E-state index contributed by atoms with van der Waals surface area (Å²) in [6, 6.07) is 13.2. The number of fused-ring (bicyclic) bond motifs is 3. The minimum absolute atomic E-state index is 0.0437. The number of benzene rings is 1. The number of pyridine rings is 2. The van der Waals surface area contributed by atoms with Gasteiger partial charge in [0, 0.05) is 34.8 Å². The molecule has 6 rings (SSSR count). The van der Waals surface area contributed by atoms with Gasteiger partial charge in [-0.05, 0) is 47.5 Å². The van der Waals surface area contributed by atoms with Gasteiger partial charge in [0.05, 0.1) is 36.0 Å². The number of anilines is 1. The van der Waals surface area contributed by atoms with Gasteiger partial charge in [-0.3, -0.25) is 14.7 Å². The van der Waals surface area contributed by atoms with Crippen LogP contribution in [-0.4, -0.2) is 43.9 Å². The fourth-order valence-electron chi connectivity index (χ4n) is 5.17.